The zero-order valence-electron chi connectivity index (χ0n) is 17.0. The Morgan fingerprint density at radius 1 is 1.19 bits per heavy atom. The van der Waals surface area contributed by atoms with Gasteiger partial charge in [0, 0.05) is 12.1 Å². The first-order valence-corrected chi connectivity index (χ1v) is 10.2. The molecule has 2 aromatic carbocycles. The van der Waals surface area contributed by atoms with Crippen LogP contribution < -0.4 is 4.74 Å². The molecule has 1 aromatic heterocycles. The lowest BCUT2D eigenvalue weighted by atomic mass is 9.99. The Kier molecular flexibility index (Phi) is 6.01. The van der Waals surface area contributed by atoms with Crippen LogP contribution in [-0.2, 0) is 16.0 Å². The lowest BCUT2D eigenvalue weighted by Gasteiger charge is -2.23. The monoisotopic (exact) mass is 455 g/mol. The summed E-state index contributed by atoms with van der Waals surface area (Å²) in [4.78, 5) is 27.2. The Labute approximate surface area is 188 Å². The summed E-state index contributed by atoms with van der Waals surface area (Å²) in [6.45, 7) is 0.169. The first-order valence-electron chi connectivity index (χ1n) is 9.81. The molecular formula is C24H19ClFNO5. The van der Waals surface area contributed by atoms with Gasteiger partial charge in [0.2, 0.25) is 0 Å². The van der Waals surface area contributed by atoms with Gasteiger partial charge in [-0.1, -0.05) is 23.7 Å². The topological polar surface area (TPSA) is 80.0 Å². The van der Waals surface area contributed by atoms with E-state index in [0.29, 0.717) is 23.0 Å². The van der Waals surface area contributed by atoms with Crippen molar-refractivity contribution in [3.8, 4) is 5.75 Å². The van der Waals surface area contributed by atoms with Crippen molar-refractivity contribution in [2.45, 2.75) is 12.5 Å². The van der Waals surface area contributed by atoms with Crippen LogP contribution in [0.1, 0.15) is 22.9 Å². The van der Waals surface area contributed by atoms with Crippen LogP contribution >= 0.6 is 11.6 Å². The van der Waals surface area contributed by atoms with Gasteiger partial charge in [-0.3, -0.25) is 9.59 Å². The highest BCUT2D eigenvalue weighted by molar-refractivity contribution is 6.46. The molecule has 1 amide bonds. The van der Waals surface area contributed by atoms with E-state index >= 15 is 0 Å². The largest absolute Gasteiger partial charge is 0.507 e. The molecule has 1 aliphatic heterocycles. The molecule has 0 spiro atoms. The van der Waals surface area contributed by atoms with Gasteiger partial charge >= 0.3 is 0 Å². The van der Waals surface area contributed by atoms with Crippen LogP contribution in [0, 0.1) is 5.82 Å². The van der Waals surface area contributed by atoms with Crippen molar-refractivity contribution in [3.63, 3.8) is 0 Å². The third-order valence-electron chi connectivity index (χ3n) is 5.33. The number of hydrogen-bond acceptors (Lipinski definition) is 5. The molecule has 3 aromatic rings. The second-order valence-electron chi connectivity index (χ2n) is 7.23. The first kappa shape index (κ1) is 21.6. The molecule has 1 atom stereocenters. The quantitative estimate of drug-likeness (QED) is 0.330. The van der Waals surface area contributed by atoms with Crippen LogP contribution in [0.2, 0.25) is 5.02 Å². The number of benzene rings is 2. The predicted octanol–water partition coefficient (Wildman–Crippen LogP) is 4.75. The van der Waals surface area contributed by atoms with Crippen LogP contribution in [0.5, 0.6) is 5.75 Å². The molecule has 1 unspecified atom stereocenters. The van der Waals surface area contributed by atoms with Crippen LogP contribution in [0.15, 0.2) is 70.9 Å². The fourth-order valence-electron chi connectivity index (χ4n) is 3.72. The predicted molar refractivity (Wildman–Crippen MR) is 116 cm³/mol. The number of nitrogens with zero attached hydrogens (tertiary/aromatic N) is 1. The summed E-state index contributed by atoms with van der Waals surface area (Å²) >= 11 is 6.06. The summed E-state index contributed by atoms with van der Waals surface area (Å²) in [5, 5.41) is 11.4. The van der Waals surface area contributed by atoms with Gasteiger partial charge in [-0.25, -0.2) is 4.39 Å². The number of carbonyl (C=O) groups excluding carboxylic acids is 2. The number of hydrogen-bond donors (Lipinski definition) is 1. The Hall–Kier alpha value is -3.58. The molecule has 1 fully saturated rings. The average molecular weight is 456 g/mol. The molecular weight excluding hydrogens is 437 g/mol. The maximum atomic E-state index is 13.2. The van der Waals surface area contributed by atoms with Crippen molar-refractivity contribution in [3.05, 3.63) is 94.2 Å². The van der Waals surface area contributed by atoms with Crippen molar-refractivity contribution < 1.29 is 28.2 Å². The molecule has 0 saturated carbocycles. The van der Waals surface area contributed by atoms with Gasteiger partial charge in [0.05, 0.1) is 24.0 Å². The fraction of sp³-hybridized carbons (Fsp3) is 0.167. The minimum absolute atomic E-state index is 0.0894. The molecule has 1 N–H and O–H groups in total. The number of rotatable bonds is 6. The van der Waals surface area contributed by atoms with E-state index in [2.05, 4.69) is 0 Å². The van der Waals surface area contributed by atoms with Crippen LogP contribution in [0.25, 0.3) is 5.76 Å². The molecule has 0 radical (unpaired) electrons. The van der Waals surface area contributed by atoms with E-state index in [9.17, 15) is 19.1 Å². The molecule has 4 rings (SSSR count). The molecule has 8 heteroatoms. The number of ether oxygens (including phenoxy) is 1. The highest BCUT2D eigenvalue weighted by atomic mass is 35.5. The lowest BCUT2D eigenvalue weighted by Crippen LogP contribution is -2.31. The second kappa shape index (κ2) is 8.88. The Bertz CT molecular complexity index is 1190. The number of methoxy groups -OCH3 is 1. The van der Waals surface area contributed by atoms with E-state index in [-0.39, 0.29) is 29.3 Å². The number of Topliss-reactive ketones (excluding diaryl/α,β-unsaturated/α-hetero) is 1. The van der Waals surface area contributed by atoms with Gasteiger partial charge in [0.25, 0.3) is 11.7 Å². The summed E-state index contributed by atoms with van der Waals surface area (Å²) in [7, 11) is 1.43. The normalized spacial score (nSPS) is 17.7. The highest BCUT2D eigenvalue weighted by Crippen LogP contribution is 2.40. The highest BCUT2D eigenvalue weighted by Gasteiger charge is 2.47. The van der Waals surface area contributed by atoms with Crippen LogP contribution in [0.3, 0.4) is 0 Å². The van der Waals surface area contributed by atoms with Gasteiger partial charge in [0.1, 0.15) is 29.1 Å². The van der Waals surface area contributed by atoms with Crippen molar-refractivity contribution >= 4 is 29.1 Å². The molecule has 2 heterocycles. The van der Waals surface area contributed by atoms with Crippen molar-refractivity contribution in [2.75, 3.05) is 13.7 Å². The summed E-state index contributed by atoms with van der Waals surface area (Å²) in [6, 6.07) is 12.8. The number of aliphatic hydroxyl groups is 1. The lowest BCUT2D eigenvalue weighted by molar-refractivity contribution is -0.140. The first-order chi connectivity index (χ1) is 15.4. The maximum Gasteiger partial charge on any atom is 0.295 e. The molecule has 32 heavy (non-hydrogen) atoms. The maximum absolute atomic E-state index is 13.2. The van der Waals surface area contributed by atoms with Gasteiger partial charge in [-0.15, -0.1) is 0 Å². The summed E-state index contributed by atoms with van der Waals surface area (Å²) in [6.07, 6.45) is 1.82. The fourth-order valence-corrected chi connectivity index (χ4v) is 3.91. The number of furan rings is 1. The molecule has 0 aliphatic carbocycles. The molecule has 1 saturated heterocycles. The summed E-state index contributed by atoms with van der Waals surface area (Å²) in [5.41, 5.74) is 0.988. The number of aliphatic hydroxyl groups excluding tert-OH is 1. The zero-order chi connectivity index (χ0) is 22.8. The third kappa shape index (κ3) is 3.99. The average Bonchev–Trinajstić information content (AvgIpc) is 3.41. The Morgan fingerprint density at radius 3 is 2.59 bits per heavy atom. The van der Waals surface area contributed by atoms with Gasteiger partial charge < -0.3 is 19.2 Å². The zero-order valence-corrected chi connectivity index (χ0v) is 17.8. The van der Waals surface area contributed by atoms with E-state index in [1.54, 1.807) is 24.3 Å². The van der Waals surface area contributed by atoms with Gasteiger partial charge in [0.15, 0.2) is 0 Å². The second-order valence-corrected chi connectivity index (χ2v) is 7.64. The minimum atomic E-state index is -0.910. The van der Waals surface area contributed by atoms with Gasteiger partial charge in [-0.2, -0.15) is 0 Å². The third-order valence-corrected chi connectivity index (χ3v) is 5.64. The van der Waals surface area contributed by atoms with E-state index in [1.165, 1.54) is 48.6 Å². The van der Waals surface area contributed by atoms with Crippen molar-refractivity contribution in [2.24, 2.45) is 0 Å². The summed E-state index contributed by atoms with van der Waals surface area (Å²) in [5.74, 6) is -1.64. The number of carbonyl (C=O) groups is 2. The SMILES string of the molecule is COc1cc(/C(O)=C2/C(=O)C(=O)N(CCc3ccc(F)cc3)C2c2ccco2)ccc1Cl. The molecule has 0 bridgehead atoms. The van der Waals surface area contributed by atoms with Gasteiger partial charge in [-0.05, 0) is 54.4 Å². The van der Waals surface area contributed by atoms with Crippen LogP contribution in [-0.4, -0.2) is 35.4 Å². The molecule has 6 nitrogen and oxygen atoms in total. The summed E-state index contributed by atoms with van der Waals surface area (Å²) < 4.78 is 23.9. The molecule has 1 aliphatic rings. The van der Waals surface area contributed by atoms with E-state index in [0.717, 1.165) is 5.56 Å². The van der Waals surface area contributed by atoms with E-state index < -0.39 is 17.7 Å². The minimum Gasteiger partial charge on any atom is -0.507 e. The number of likely N-dealkylation sites (tertiary alicyclic amines) is 1. The number of ketones is 1. The van der Waals surface area contributed by atoms with Crippen molar-refractivity contribution in [1.29, 1.82) is 0 Å². The smallest absolute Gasteiger partial charge is 0.295 e. The number of amides is 1. The van der Waals surface area contributed by atoms with Crippen molar-refractivity contribution in [1.82, 2.24) is 4.90 Å². The van der Waals surface area contributed by atoms with E-state index in [1.807, 2.05) is 0 Å². The number of halogens is 2. The van der Waals surface area contributed by atoms with E-state index in [4.69, 9.17) is 20.8 Å². The van der Waals surface area contributed by atoms with Crippen LogP contribution in [0.4, 0.5) is 4.39 Å². The Morgan fingerprint density at radius 2 is 1.94 bits per heavy atom. The standard InChI is InChI=1S/C24H19ClFNO5/c1-31-19-13-15(6-9-17(19)25)22(28)20-21(18-3-2-12-32-18)27(24(30)23(20)29)11-10-14-4-7-16(26)8-5-14/h2-9,12-13,21,28H,10-11H2,1H3/b22-20-. The molecule has 164 valence electrons. The Balaban J connectivity index is 1.74.